The molecule has 4 heterocycles. The van der Waals surface area contributed by atoms with Crippen LogP contribution in [0.15, 0.2) is 24.4 Å². The van der Waals surface area contributed by atoms with E-state index in [9.17, 15) is 13.6 Å². The second kappa shape index (κ2) is 5.38. The van der Waals surface area contributed by atoms with Crippen molar-refractivity contribution in [3.63, 3.8) is 0 Å². The molecule has 0 atom stereocenters. The van der Waals surface area contributed by atoms with Crippen molar-refractivity contribution in [1.29, 1.82) is 0 Å². The number of nitrogens with zero attached hydrogens (tertiary/aromatic N) is 3. The van der Waals surface area contributed by atoms with E-state index in [4.69, 9.17) is 0 Å². The Bertz CT molecular complexity index is 856. The van der Waals surface area contributed by atoms with Crippen molar-refractivity contribution in [3.8, 4) is 0 Å². The Morgan fingerprint density at radius 1 is 1.43 bits per heavy atom. The zero-order valence-electron chi connectivity index (χ0n) is 11.9. The van der Waals surface area contributed by atoms with Crippen LogP contribution < -0.4 is 0 Å². The first-order valence-corrected chi connectivity index (χ1v) is 7.93. The summed E-state index contributed by atoms with van der Waals surface area (Å²) in [5, 5.41) is 7.24. The number of pyridine rings is 1. The lowest BCUT2D eigenvalue weighted by molar-refractivity contribution is 0.0734. The van der Waals surface area contributed by atoms with E-state index in [-0.39, 0.29) is 18.1 Å². The molecular weight excluding hydrogens is 322 g/mol. The van der Waals surface area contributed by atoms with Crippen LogP contribution in [0, 0.1) is 0 Å². The van der Waals surface area contributed by atoms with E-state index < -0.39 is 6.43 Å². The molecule has 1 aliphatic heterocycles. The quantitative estimate of drug-likeness (QED) is 0.783. The van der Waals surface area contributed by atoms with Gasteiger partial charge in [0.25, 0.3) is 12.3 Å². The molecular formula is C15H12F2N4OS. The number of thiophene rings is 1. The first-order chi connectivity index (χ1) is 11.1. The van der Waals surface area contributed by atoms with Gasteiger partial charge in [-0.2, -0.15) is 5.10 Å². The highest BCUT2D eigenvalue weighted by atomic mass is 32.1. The molecule has 1 aliphatic rings. The number of aromatic amines is 1. The molecule has 0 aromatic carbocycles. The van der Waals surface area contributed by atoms with Crippen LogP contribution >= 0.6 is 11.3 Å². The third-order valence-electron chi connectivity index (χ3n) is 3.96. The molecule has 118 valence electrons. The van der Waals surface area contributed by atoms with Crippen molar-refractivity contribution >= 4 is 27.5 Å². The maximum atomic E-state index is 13.0. The number of rotatable bonds is 2. The Balaban J connectivity index is 1.63. The molecule has 23 heavy (non-hydrogen) atoms. The summed E-state index contributed by atoms with van der Waals surface area (Å²) < 4.78 is 26.0. The molecule has 0 unspecified atom stereocenters. The van der Waals surface area contributed by atoms with Gasteiger partial charge in [-0.3, -0.25) is 9.89 Å². The second-order valence-corrected chi connectivity index (χ2v) is 6.38. The van der Waals surface area contributed by atoms with Crippen LogP contribution in [-0.4, -0.2) is 32.5 Å². The standard InChI is InChI=1S/C15H12F2N4OS/c16-13(17)12-9-7-21(5-3-10(9)19-20-12)15(22)11-6-8-2-1-4-18-14(8)23-11/h1-2,4,6,13H,3,5,7H2,(H,19,20). The average Bonchev–Trinajstić information content (AvgIpc) is 3.17. The van der Waals surface area contributed by atoms with E-state index >= 15 is 0 Å². The number of H-pyrrole nitrogens is 1. The summed E-state index contributed by atoms with van der Waals surface area (Å²) in [4.78, 5) is 19.9. The molecule has 1 amide bonds. The van der Waals surface area contributed by atoms with Gasteiger partial charge in [-0.1, -0.05) is 6.07 Å². The maximum absolute atomic E-state index is 13.0. The molecule has 0 aliphatic carbocycles. The number of carbonyl (C=O) groups excluding carboxylic acids is 1. The monoisotopic (exact) mass is 334 g/mol. The number of hydrogen-bond donors (Lipinski definition) is 1. The number of halogens is 2. The minimum absolute atomic E-state index is 0.153. The minimum Gasteiger partial charge on any atom is -0.333 e. The lowest BCUT2D eigenvalue weighted by atomic mass is 10.1. The third-order valence-corrected chi connectivity index (χ3v) is 5.01. The van der Waals surface area contributed by atoms with Crippen molar-refractivity contribution in [2.45, 2.75) is 19.4 Å². The van der Waals surface area contributed by atoms with E-state index in [1.165, 1.54) is 11.3 Å². The molecule has 8 heteroatoms. The zero-order valence-corrected chi connectivity index (χ0v) is 12.7. The normalized spacial score (nSPS) is 14.5. The molecule has 0 saturated heterocycles. The lowest BCUT2D eigenvalue weighted by Crippen LogP contribution is -2.35. The van der Waals surface area contributed by atoms with Gasteiger partial charge in [-0.25, -0.2) is 13.8 Å². The van der Waals surface area contributed by atoms with E-state index in [1.807, 2.05) is 12.1 Å². The van der Waals surface area contributed by atoms with Crippen LogP contribution in [0.5, 0.6) is 0 Å². The van der Waals surface area contributed by atoms with Gasteiger partial charge in [-0.15, -0.1) is 11.3 Å². The van der Waals surface area contributed by atoms with Crippen molar-refractivity contribution in [2.75, 3.05) is 6.54 Å². The summed E-state index contributed by atoms with van der Waals surface area (Å²) >= 11 is 1.32. The number of fused-ring (bicyclic) bond motifs is 2. The van der Waals surface area contributed by atoms with Crippen LogP contribution in [0.1, 0.15) is 33.0 Å². The van der Waals surface area contributed by atoms with Crippen molar-refractivity contribution in [1.82, 2.24) is 20.1 Å². The smallest absolute Gasteiger partial charge is 0.282 e. The summed E-state index contributed by atoms with van der Waals surface area (Å²) in [7, 11) is 0. The molecule has 5 nitrogen and oxygen atoms in total. The fourth-order valence-electron chi connectivity index (χ4n) is 2.81. The van der Waals surface area contributed by atoms with E-state index in [1.54, 1.807) is 17.2 Å². The number of amides is 1. The Morgan fingerprint density at radius 3 is 3.09 bits per heavy atom. The largest absolute Gasteiger partial charge is 0.333 e. The fourth-order valence-corrected chi connectivity index (χ4v) is 3.77. The van der Waals surface area contributed by atoms with E-state index in [0.29, 0.717) is 29.1 Å². The summed E-state index contributed by atoms with van der Waals surface area (Å²) in [6.07, 6.45) is -0.455. The minimum atomic E-state index is -2.64. The van der Waals surface area contributed by atoms with Gasteiger partial charge in [0.15, 0.2) is 0 Å². The molecule has 0 bridgehead atoms. The number of hydrogen-bond acceptors (Lipinski definition) is 4. The molecule has 3 aromatic heterocycles. The van der Waals surface area contributed by atoms with Crippen molar-refractivity contribution < 1.29 is 13.6 Å². The van der Waals surface area contributed by atoms with Gasteiger partial charge in [0.05, 0.1) is 4.88 Å². The Labute approximate surface area is 133 Å². The lowest BCUT2D eigenvalue weighted by Gasteiger charge is -2.26. The predicted molar refractivity (Wildman–Crippen MR) is 81.6 cm³/mol. The summed E-state index contributed by atoms with van der Waals surface area (Å²) in [5.74, 6) is -0.153. The molecule has 0 spiro atoms. The number of alkyl halides is 2. The maximum Gasteiger partial charge on any atom is 0.282 e. The highest BCUT2D eigenvalue weighted by Crippen LogP contribution is 2.30. The summed E-state index contributed by atoms with van der Waals surface area (Å²) in [5.41, 5.74) is 0.886. The molecule has 0 saturated carbocycles. The van der Waals surface area contributed by atoms with Gasteiger partial charge >= 0.3 is 0 Å². The van der Waals surface area contributed by atoms with Crippen molar-refractivity contribution in [2.24, 2.45) is 0 Å². The molecule has 1 N–H and O–H groups in total. The van der Waals surface area contributed by atoms with Crippen LogP contribution in [0.25, 0.3) is 10.2 Å². The third kappa shape index (κ3) is 2.39. The Kier molecular flexibility index (Phi) is 3.33. The van der Waals surface area contributed by atoms with E-state index in [2.05, 4.69) is 15.2 Å². The van der Waals surface area contributed by atoms with E-state index in [0.717, 1.165) is 10.2 Å². The van der Waals surface area contributed by atoms with Crippen molar-refractivity contribution in [3.05, 3.63) is 46.2 Å². The topological polar surface area (TPSA) is 61.9 Å². The molecule has 0 radical (unpaired) electrons. The first-order valence-electron chi connectivity index (χ1n) is 7.11. The highest BCUT2D eigenvalue weighted by molar-refractivity contribution is 7.20. The van der Waals surface area contributed by atoms with Gasteiger partial charge in [0, 0.05) is 42.4 Å². The number of aromatic nitrogens is 3. The zero-order chi connectivity index (χ0) is 16.0. The Morgan fingerprint density at radius 2 is 2.30 bits per heavy atom. The van der Waals surface area contributed by atoms with Gasteiger partial charge in [0.2, 0.25) is 0 Å². The summed E-state index contributed by atoms with van der Waals surface area (Å²) in [6.45, 7) is 0.643. The number of nitrogens with one attached hydrogen (secondary N) is 1. The highest BCUT2D eigenvalue weighted by Gasteiger charge is 2.29. The molecule has 4 rings (SSSR count). The van der Waals surface area contributed by atoms with Crippen LogP contribution in [0.4, 0.5) is 8.78 Å². The first kappa shape index (κ1) is 14.3. The number of carbonyl (C=O) groups is 1. The van der Waals surface area contributed by atoms with Gasteiger partial charge < -0.3 is 4.90 Å². The van der Waals surface area contributed by atoms with Crippen LogP contribution in [-0.2, 0) is 13.0 Å². The van der Waals surface area contributed by atoms with Gasteiger partial charge in [-0.05, 0) is 12.1 Å². The predicted octanol–water partition coefficient (Wildman–Crippen LogP) is 3.16. The Hall–Kier alpha value is -2.35. The fraction of sp³-hybridized carbons (Fsp3) is 0.267. The van der Waals surface area contributed by atoms with Crippen LogP contribution in [0.3, 0.4) is 0 Å². The second-order valence-electron chi connectivity index (χ2n) is 5.35. The average molecular weight is 334 g/mol. The summed E-state index contributed by atoms with van der Waals surface area (Å²) in [6, 6.07) is 5.51. The molecule has 3 aromatic rings. The SMILES string of the molecule is O=C(c1cc2cccnc2s1)N1CCc2[nH]nc(C(F)F)c2C1. The molecule has 0 fully saturated rings. The van der Waals surface area contributed by atoms with Gasteiger partial charge in [0.1, 0.15) is 10.5 Å². The van der Waals surface area contributed by atoms with Crippen LogP contribution in [0.2, 0.25) is 0 Å².